The summed E-state index contributed by atoms with van der Waals surface area (Å²) in [7, 11) is 5.39. The van der Waals surface area contributed by atoms with E-state index in [1.165, 1.54) is 5.69 Å². The number of methoxy groups -OCH3 is 1. The average Bonchev–Trinajstić information content (AvgIpc) is 3.18. The number of aliphatic imine (C=N–C) groups is 1. The van der Waals surface area contributed by atoms with Crippen LogP contribution in [-0.4, -0.2) is 61.7 Å². The second-order valence-electron chi connectivity index (χ2n) is 7.33. The van der Waals surface area contributed by atoms with Crippen LogP contribution in [0.2, 0.25) is 0 Å². The molecule has 1 aromatic heterocycles. The highest BCUT2D eigenvalue weighted by molar-refractivity contribution is 14.0. The Morgan fingerprint density at radius 3 is 2.77 bits per heavy atom. The molecule has 2 heterocycles. The second-order valence-corrected chi connectivity index (χ2v) is 7.33. The fraction of sp³-hybridized carbons (Fsp3) is 0.524. The van der Waals surface area contributed by atoms with Gasteiger partial charge in [-0.2, -0.15) is 5.10 Å². The van der Waals surface area contributed by atoms with E-state index in [1.807, 2.05) is 49.1 Å². The summed E-state index contributed by atoms with van der Waals surface area (Å²) >= 11 is 0. The molecule has 0 saturated carbocycles. The Hall–Kier alpha value is -2.17. The van der Waals surface area contributed by atoms with E-state index >= 15 is 0 Å². The maximum atomic E-state index is 6.01. The number of para-hydroxylation sites is 2. The number of halogens is 1. The van der Waals surface area contributed by atoms with Gasteiger partial charge in [-0.25, -0.2) is 0 Å². The van der Waals surface area contributed by atoms with E-state index < -0.39 is 0 Å². The average molecular weight is 528 g/mol. The van der Waals surface area contributed by atoms with Gasteiger partial charge >= 0.3 is 0 Å². The van der Waals surface area contributed by atoms with Gasteiger partial charge in [0.1, 0.15) is 6.10 Å². The molecule has 1 aromatic carbocycles. The summed E-state index contributed by atoms with van der Waals surface area (Å²) < 4.78 is 13.2. The molecule has 2 aromatic rings. The molecule has 2 unspecified atom stereocenters. The summed E-state index contributed by atoms with van der Waals surface area (Å²) in [5.41, 5.74) is 1.17. The number of ether oxygens (including phenoxy) is 2. The summed E-state index contributed by atoms with van der Waals surface area (Å²) in [6.45, 7) is 4.65. The Morgan fingerprint density at radius 1 is 1.33 bits per heavy atom. The third-order valence-corrected chi connectivity index (χ3v) is 5.00. The lowest BCUT2D eigenvalue weighted by atomic mass is 10.1. The zero-order valence-corrected chi connectivity index (χ0v) is 20.5. The molecule has 0 amide bonds. The van der Waals surface area contributed by atoms with E-state index in [0.29, 0.717) is 12.6 Å². The molecule has 2 N–H and O–H groups in total. The summed E-state index contributed by atoms with van der Waals surface area (Å²) in [5, 5.41) is 11.2. The Bertz CT molecular complexity index is 812. The van der Waals surface area contributed by atoms with Crippen molar-refractivity contribution >= 4 is 35.6 Å². The topological polar surface area (TPSA) is 75.9 Å². The van der Waals surface area contributed by atoms with Crippen LogP contribution in [0.5, 0.6) is 11.5 Å². The normalized spacial score (nSPS) is 17.7. The van der Waals surface area contributed by atoms with Crippen molar-refractivity contribution in [3.8, 4) is 11.5 Å². The van der Waals surface area contributed by atoms with Gasteiger partial charge in [-0.15, -0.1) is 24.0 Å². The van der Waals surface area contributed by atoms with Crippen LogP contribution in [0, 0.1) is 0 Å². The number of rotatable bonds is 7. The van der Waals surface area contributed by atoms with Crippen LogP contribution < -0.4 is 25.0 Å². The number of nitrogens with one attached hydrogen (secondary N) is 2. The number of nitrogens with zero attached hydrogens (tertiary/aromatic N) is 4. The van der Waals surface area contributed by atoms with Gasteiger partial charge in [0.25, 0.3) is 0 Å². The molecule has 0 radical (unpaired) electrons. The molecule has 1 fully saturated rings. The molecule has 3 rings (SSSR count). The number of benzene rings is 1. The minimum atomic E-state index is -0.0388. The minimum Gasteiger partial charge on any atom is -0.493 e. The lowest BCUT2D eigenvalue weighted by molar-refractivity contribution is 0.213. The summed E-state index contributed by atoms with van der Waals surface area (Å²) in [6.07, 6.45) is 6.20. The molecular weight excluding hydrogens is 495 g/mol. The molecule has 8 nitrogen and oxygen atoms in total. The van der Waals surface area contributed by atoms with Gasteiger partial charge < -0.3 is 25.0 Å². The van der Waals surface area contributed by atoms with Gasteiger partial charge in [0.05, 0.1) is 25.5 Å². The highest BCUT2D eigenvalue weighted by atomic mass is 127. The smallest absolute Gasteiger partial charge is 0.191 e. The molecule has 0 spiro atoms. The van der Waals surface area contributed by atoms with Gasteiger partial charge in [-0.1, -0.05) is 12.1 Å². The fourth-order valence-electron chi connectivity index (χ4n) is 3.50. The molecule has 2 atom stereocenters. The highest BCUT2D eigenvalue weighted by Crippen LogP contribution is 2.26. The lowest BCUT2D eigenvalue weighted by Crippen LogP contribution is -2.52. The first kappa shape index (κ1) is 24.1. The van der Waals surface area contributed by atoms with E-state index in [-0.39, 0.29) is 30.1 Å². The van der Waals surface area contributed by atoms with Crippen LogP contribution in [0.3, 0.4) is 0 Å². The number of hydrogen-bond donors (Lipinski definition) is 2. The Balaban J connectivity index is 0.00000320. The van der Waals surface area contributed by atoms with Crippen molar-refractivity contribution in [3.63, 3.8) is 0 Å². The van der Waals surface area contributed by atoms with Crippen molar-refractivity contribution in [2.24, 2.45) is 12.0 Å². The number of aromatic nitrogens is 2. The minimum absolute atomic E-state index is 0. The summed E-state index contributed by atoms with van der Waals surface area (Å²) in [5.74, 6) is 2.27. The molecule has 30 heavy (non-hydrogen) atoms. The van der Waals surface area contributed by atoms with Gasteiger partial charge in [-0.05, 0) is 31.9 Å². The molecule has 1 aliphatic rings. The van der Waals surface area contributed by atoms with Crippen LogP contribution in [0.25, 0.3) is 0 Å². The van der Waals surface area contributed by atoms with Gasteiger partial charge in [0, 0.05) is 39.4 Å². The number of anilines is 1. The second kappa shape index (κ2) is 11.9. The number of guanidine groups is 1. The lowest BCUT2D eigenvalue weighted by Gasteiger charge is -2.34. The third-order valence-electron chi connectivity index (χ3n) is 5.00. The van der Waals surface area contributed by atoms with Crippen LogP contribution in [0.1, 0.15) is 19.8 Å². The van der Waals surface area contributed by atoms with Crippen molar-refractivity contribution < 1.29 is 9.47 Å². The molecule has 166 valence electrons. The first-order chi connectivity index (χ1) is 14.1. The number of hydrogen-bond acceptors (Lipinski definition) is 5. The van der Waals surface area contributed by atoms with E-state index in [4.69, 9.17) is 9.47 Å². The van der Waals surface area contributed by atoms with Crippen molar-refractivity contribution in [1.82, 2.24) is 20.4 Å². The van der Waals surface area contributed by atoms with E-state index in [9.17, 15) is 0 Å². The zero-order chi connectivity index (χ0) is 20.6. The standard InChI is InChI=1S/C21H32N6O2.HI/c1-16(29-20-10-6-5-9-19(20)28-4)12-23-21(22-2)25-17-8-7-11-27(14-17)18-13-24-26(3)15-18;/h5-6,9-10,13,15-17H,7-8,11-12,14H2,1-4H3,(H2,22,23,25);1H. The Morgan fingerprint density at radius 2 is 2.10 bits per heavy atom. The van der Waals surface area contributed by atoms with Crippen molar-refractivity contribution in [3.05, 3.63) is 36.7 Å². The van der Waals surface area contributed by atoms with E-state index in [0.717, 1.165) is 43.4 Å². The quantitative estimate of drug-likeness (QED) is 0.327. The number of piperidine rings is 1. The van der Waals surface area contributed by atoms with Gasteiger partial charge in [0.2, 0.25) is 0 Å². The number of aryl methyl sites for hydroxylation is 1. The van der Waals surface area contributed by atoms with Crippen LogP contribution in [0.15, 0.2) is 41.7 Å². The van der Waals surface area contributed by atoms with Crippen molar-refractivity contribution in [2.75, 3.05) is 38.7 Å². The zero-order valence-electron chi connectivity index (χ0n) is 18.2. The highest BCUT2D eigenvalue weighted by Gasteiger charge is 2.22. The largest absolute Gasteiger partial charge is 0.493 e. The first-order valence-electron chi connectivity index (χ1n) is 10.1. The van der Waals surface area contributed by atoms with Crippen LogP contribution >= 0.6 is 24.0 Å². The SMILES string of the molecule is CN=C(NCC(C)Oc1ccccc1OC)NC1CCCN(c2cnn(C)c2)C1.I. The molecular formula is C21H33IN6O2. The predicted molar refractivity (Wildman–Crippen MR) is 131 cm³/mol. The third kappa shape index (κ3) is 6.68. The Labute approximate surface area is 196 Å². The molecule has 1 saturated heterocycles. The molecule has 9 heteroatoms. The van der Waals surface area contributed by atoms with E-state index in [2.05, 4.69) is 31.8 Å². The monoisotopic (exact) mass is 528 g/mol. The maximum Gasteiger partial charge on any atom is 0.191 e. The molecule has 0 bridgehead atoms. The molecule has 0 aliphatic carbocycles. The summed E-state index contributed by atoms with van der Waals surface area (Å²) in [6, 6.07) is 8.01. The van der Waals surface area contributed by atoms with Gasteiger partial charge in [-0.3, -0.25) is 9.67 Å². The first-order valence-corrected chi connectivity index (χ1v) is 10.1. The molecule has 1 aliphatic heterocycles. The summed E-state index contributed by atoms with van der Waals surface area (Å²) in [4.78, 5) is 6.75. The van der Waals surface area contributed by atoms with Crippen LogP contribution in [-0.2, 0) is 7.05 Å². The Kier molecular flexibility index (Phi) is 9.54. The maximum absolute atomic E-state index is 6.01. The van der Waals surface area contributed by atoms with E-state index in [1.54, 1.807) is 14.2 Å². The van der Waals surface area contributed by atoms with Crippen molar-refractivity contribution in [1.29, 1.82) is 0 Å². The van der Waals surface area contributed by atoms with Crippen LogP contribution in [0.4, 0.5) is 5.69 Å². The van der Waals surface area contributed by atoms with Gasteiger partial charge in [0.15, 0.2) is 17.5 Å². The predicted octanol–water partition coefficient (Wildman–Crippen LogP) is 2.65. The fourth-order valence-corrected chi connectivity index (χ4v) is 3.50. The van der Waals surface area contributed by atoms with Crippen molar-refractivity contribution in [2.45, 2.75) is 31.9 Å².